The van der Waals surface area contributed by atoms with E-state index in [1.165, 1.54) is 6.20 Å². The van der Waals surface area contributed by atoms with E-state index >= 15 is 0 Å². The molecule has 0 unspecified atom stereocenters. The first-order valence-corrected chi connectivity index (χ1v) is 6.90. The van der Waals surface area contributed by atoms with Crippen LogP contribution in [0.2, 0.25) is 5.02 Å². The van der Waals surface area contributed by atoms with Gasteiger partial charge < -0.3 is 5.32 Å². The number of aromatic nitrogens is 1. The summed E-state index contributed by atoms with van der Waals surface area (Å²) < 4.78 is 1.64. The summed E-state index contributed by atoms with van der Waals surface area (Å²) in [5.41, 5.74) is 0.526. The maximum absolute atomic E-state index is 12.0. The number of nitrogens with one attached hydrogen (secondary N) is 1. The Hall–Kier alpha value is -0.910. The van der Waals surface area contributed by atoms with Gasteiger partial charge in [-0.2, -0.15) is 0 Å². The molecule has 0 saturated heterocycles. The zero-order chi connectivity index (χ0) is 13.1. The molecule has 2 rings (SSSR count). The fraction of sp³-hybridized carbons (Fsp3) is 0. The highest BCUT2D eigenvalue weighted by Gasteiger charge is 2.08. The molecule has 6 heteroatoms. The van der Waals surface area contributed by atoms with Crippen molar-refractivity contribution >= 4 is 55.2 Å². The molecule has 0 aliphatic carbocycles. The van der Waals surface area contributed by atoms with E-state index in [1.54, 1.807) is 24.3 Å². The molecular formula is C12H7Br2ClN2O. The van der Waals surface area contributed by atoms with Gasteiger partial charge in [0.15, 0.2) is 0 Å². The molecule has 0 atom stereocenters. The van der Waals surface area contributed by atoms with Gasteiger partial charge in [-0.1, -0.05) is 43.5 Å². The number of carbonyl (C=O) groups is 1. The summed E-state index contributed by atoms with van der Waals surface area (Å²) in [6.45, 7) is 0. The van der Waals surface area contributed by atoms with E-state index in [0.717, 1.165) is 8.95 Å². The second-order valence-corrected chi connectivity index (χ2v) is 5.74. The molecule has 0 spiro atoms. The van der Waals surface area contributed by atoms with E-state index in [1.807, 2.05) is 6.07 Å². The summed E-state index contributed by atoms with van der Waals surface area (Å²) in [6, 6.07) is 8.54. The second kappa shape index (κ2) is 5.82. The van der Waals surface area contributed by atoms with Crippen LogP contribution in [0, 0.1) is 0 Å². The highest BCUT2D eigenvalue weighted by atomic mass is 79.9. The van der Waals surface area contributed by atoms with Gasteiger partial charge in [0, 0.05) is 25.7 Å². The van der Waals surface area contributed by atoms with Gasteiger partial charge in [-0.25, -0.2) is 4.98 Å². The highest BCUT2D eigenvalue weighted by molar-refractivity contribution is 9.11. The molecule has 0 aliphatic rings. The Morgan fingerprint density at radius 1 is 1.17 bits per heavy atom. The molecule has 1 aromatic heterocycles. The molecule has 1 N–H and O–H groups in total. The molecule has 0 aliphatic heterocycles. The minimum atomic E-state index is -0.244. The Kier molecular flexibility index (Phi) is 4.37. The molecule has 18 heavy (non-hydrogen) atoms. The van der Waals surface area contributed by atoms with Crippen molar-refractivity contribution in [3.63, 3.8) is 0 Å². The zero-order valence-electron chi connectivity index (χ0n) is 8.95. The number of pyridine rings is 1. The van der Waals surface area contributed by atoms with Gasteiger partial charge in [0.1, 0.15) is 5.82 Å². The van der Waals surface area contributed by atoms with Gasteiger partial charge in [-0.05, 0) is 30.3 Å². The number of carbonyl (C=O) groups excluding carboxylic acids is 1. The number of rotatable bonds is 2. The second-order valence-electron chi connectivity index (χ2n) is 3.47. The first-order valence-electron chi connectivity index (χ1n) is 4.93. The van der Waals surface area contributed by atoms with Crippen molar-refractivity contribution in [2.45, 2.75) is 0 Å². The van der Waals surface area contributed by atoms with Gasteiger partial charge in [-0.15, -0.1) is 0 Å². The van der Waals surface area contributed by atoms with Gasteiger partial charge in [0.2, 0.25) is 0 Å². The molecule has 0 saturated carbocycles. The van der Waals surface area contributed by atoms with E-state index in [-0.39, 0.29) is 5.91 Å². The van der Waals surface area contributed by atoms with Crippen LogP contribution in [0.25, 0.3) is 0 Å². The molecule has 1 heterocycles. The Morgan fingerprint density at radius 3 is 2.44 bits per heavy atom. The summed E-state index contributed by atoms with van der Waals surface area (Å²) in [4.78, 5) is 16.0. The van der Waals surface area contributed by atoms with E-state index < -0.39 is 0 Å². The molecule has 92 valence electrons. The zero-order valence-corrected chi connectivity index (χ0v) is 12.9. The number of benzene rings is 1. The van der Waals surface area contributed by atoms with Gasteiger partial charge >= 0.3 is 0 Å². The monoisotopic (exact) mass is 388 g/mol. The van der Waals surface area contributed by atoms with Crippen molar-refractivity contribution in [1.82, 2.24) is 4.98 Å². The van der Waals surface area contributed by atoms with Crippen molar-refractivity contribution in [3.05, 3.63) is 56.1 Å². The summed E-state index contributed by atoms with van der Waals surface area (Å²) in [6.07, 6.45) is 1.54. The van der Waals surface area contributed by atoms with Crippen LogP contribution >= 0.6 is 43.5 Å². The number of nitrogens with zero attached hydrogens (tertiary/aromatic N) is 1. The quantitative estimate of drug-likeness (QED) is 0.820. The normalized spacial score (nSPS) is 10.2. The molecule has 0 radical (unpaired) electrons. The average Bonchev–Trinajstić information content (AvgIpc) is 2.27. The lowest BCUT2D eigenvalue weighted by molar-refractivity contribution is 0.102. The number of halogens is 3. The van der Waals surface area contributed by atoms with Crippen molar-refractivity contribution in [1.29, 1.82) is 0 Å². The summed E-state index contributed by atoms with van der Waals surface area (Å²) in [5.74, 6) is 0.176. The molecule has 1 amide bonds. The van der Waals surface area contributed by atoms with Gasteiger partial charge in [0.05, 0.1) is 0 Å². The molecular weight excluding hydrogens is 383 g/mol. The molecule has 2 aromatic rings. The number of anilines is 1. The number of hydrogen-bond acceptors (Lipinski definition) is 2. The largest absolute Gasteiger partial charge is 0.307 e. The molecule has 0 fully saturated rings. The fourth-order valence-corrected chi connectivity index (χ4v) is 2.80. The first kappa shape index (κ1) is 13.5. The summed E-state index contributed by atoms with van der Waals surface area (Å²) in [7, 11) is 0. The number of amides is 1. The van der Waals surface area contributed by atoms with Crippen LogP contribution in [-0.2, 0) is 0 Å². The average molecular weight is 390 g/mol. The van der Waals surface area contributed by atoms with Crippen molar-refractivity contribution in [2.24, 2.45) is 0 Å². The Morgan fingerprint density at radius 2 is 1.83 bits per heavy atom. The van der Waals surface area contributed by atoms with Crippen LogP contribution in [0.4, 0.5) is 5.82 Å². The predicted molar refractivity (Wildman–Crippen MR) is 79.0 cm³/mol. The van der Waals surface area contributed by atoms with Crippen LogP contribution in [0.5, 0.6) is 0 Å². The Labute approximate surface area is 126 Å². The third kappa shape index (κ3) is 3.54. The predicted octanol–water partition coefficient (Wildman–Crippen LogP) is 4.51. The maximum Gasteiger partial charge on any atom is 0.256 e. The van der Waals surface area contributed by atoms with Crippen LogP contribution in [0.3, 0.4) is 0 Å². The maximum atomic E-state index is 12.0. The minimum absolute atomic E-state index is 0.244. The lowest BCUT2D eigenvalue weighted by Crippen LogP contribution is -2.12. The minimum Gasteiger partial charge on any atom is -0.307 e. The standard InChI is InChI=1S/C12H7Br2ClN2O/c13-8-3-7(4-9(14)5-8)12(18)17-11-6-10(15)1-2-16-11/h1-6H,(H,16,17,18). The van der Waals surface area contributed by atoms with E-state index in [2.05, 4.69) is 42.2 Å². The van der Waals surface area contributed by atoms with Crippen LogP contribution < -0.4 is 5.32 Å². The fourth-order valence-electron chi connectivity index (χ4n) is 1.35. The van der Waals surface area contributed by atoms with Crippen LogP contribution in [-0.4, -0.2) is 10.9 Å². The van der Waals surface area contributed by atoms with Gasteiger partial charge in [0.25, 0.3) is 5.91 Å². The lowest BCUT2D eigenvalue weighted by Gasteiger charge is -2.05. The van der Waals surface area contributed by atoms with Crippen LogP contribution in [0.15, 0.2) is 45.5 Å². The molecule has 3 nitrogen and oxygen atoms in total. The SMILES string of the molecule is O=C(Nc1cc(Cl)ccn1)c1cc(Br)cc(Br)c1. The summed E-state index contributed by atoms with van der Waals surface area (Å²) in [5, 5.41) is 3.20. The molecule has 0 bridgehead atoms. The van der Waals surface area contributed by atoms with Crippen molar-refractivity contribution < 1.29 is 4.79 Å². The Bertz CT molecular complexity index is 584. The van der Waals surface area contributed by atoms with E-state index in [0.29, 0.717) is 16.4 Å². The first-order chi connectivity index (χ1) is 8.54. The third-order valence-electron chi connectivity index (χ3n) is 2.09. The van der Waals surface area contributed by atoms with Crippen molar-refractivity contribution in [3.8, 4) is 0 Å². The van der Waals surface area contributed by atoms with Crippen molar-refractivity contribution in [2.75, 3.05) is 5.32 Å². The smallest absolute Gasteiger partial charge is 0.256 e. The highest BCUT2D eigenvalue weighted by Crippen LogP contribution is 2.21. The third-order valence-corrected chi connectivity index (χ3v) is 3.24. The van der Waals surface area contributed by atoms with Crippen LogP contribution in [0.1, 0.15) is 10.4 Å². The van der Waals surface area contributed by atoms with E-state index in [4.69, 9.17) is 11.6 Å². The summed E-state index contributed by atoms with van der Waals surface area (Å²) >= 11 is 12.5. The topological polar surface area (TPSA) is 42.0 Å². The Balaban J connectivity index is 2.22. The molecule has 1 aromatic carbocycles. The van der Waals surface area contributed by atoms with E-state index in [9.17, 15) is 4.79 Å². The van der Waals surface area contributed by atoms with Gasteiger partial charge in [-0.3, -0.25) is 4.79 Å². The lowest BCUT2D eigenvalue weighted by atomic mass is 10.2. The number of hydrogen-bond donors (Lipinski definition) is 1.